The lowest BCUT2D eigenvalue weighted by molar-refractivity contribution is -0.305. The number of rotatable bonds is 60. The number of carbonyl (C=O) groups is 2. The number of hydrogen-bond donors (Lipinski definition) is 6. The molecule has 6 N–H and O–H groups in total. The van der Waals surface area contributed by atoms with Crippen LogP contribution < -0.4 is 5.32 Å². The monoisotopic (exact) mass is 1220 g/mol. The van der Waals surface area contributed by atoms with E-state index in [2.05, 4.69) is 117 Å². The molecule has 0 spiro atoms. The van der Waals surface area contributed by atoms with E-state index in [0.717, 1.165) is 89.9 Å². The summed E-state index contributed by atoms with van der Waals surface area (Å²) in [7, 11) is 0. The maximum atomic E-state index is 13.5. The zero-order valence-corrected chi connectivity index (χ0v) is 55.6. The molecular weight excluding hydrogens is 1090 g/mol. The molecule has 0 aromatic heterocycles. The van der Waals surface area contributed by atoms with Crippen LogP contribution in [0.15, 0.2) is 109 Å². The molecule has 1 heterocycles. The summed E-state index contributed by atoms with van der Waals surface area (Å²) in [5.74, 6) is -1.24. The second-order valence-corrected chi connectivity index (χ2v) is 24.2. The summed E-state index contributed by atoms with van der Waals surface area (Å²) in [6.45, 7) is 5.65. The molecule has 0 bridgehead atoms. The maximum absolute atomic E-state index is 13.5. The van der Waals surface area contributed by atoms with Crippen molar-refractivity contribution in [2.75, 3.05) is 13.2 Å². The molecule has 1 aliphatic rings. The van der Waals surface area contributed by atoms with Crippen LogP contribution in [-0.4, -0.2) is 99.6 Å². The van der Waals surface area contributed by atoms with E-state index in [9.17, 15) is 35.1 Å². The van der Waals surface area contributed by atoms with Crippen molar-refractivity contribution in [1.82, 2.24) is 5.32 Å². The number of carbonyl (C=O) groups excluding carboxylic acids is 2. The number of esters is 1. The van der Waals surface area contributed by atoms with Crippen LogP contribution in [0.2, 0.25) is 0 Å². The maximum Gasteiger partial charge on any atom is 0.306 e. The van der Waals surface area contributed by atoms with E-state index in [1.807, 2.05) is 12.2 Å². The van der Waals surface area contributed by atoms with Gasteiger partial charge in [-0.25, -0.2) is 0 Å². The highest BCUT2D eigenvalue weighted by atomic mass is 16.7. The Morgan fingerprint density at radius 2 is 0.828 bits per heavy atom. The molecule has 0 saturated carbocycles. The van der Waals surface area contributed by atoms with Gasteiger partial charge in [0.2, 0.25) is 5.91 Å². The van der Waals surface area contributed by atoms with Crippen molar-refractivity contribution in [1.29, 1.82) is 0 Å². The normalized spacial score (nSPS) is 18.9. The fraction of sp³-hybridized carbons (Fsp3) is 0.737. The topological polar surface area (TPSA) is 175 Å². The fourth-order valence-corrected chi connectivity index (χ4v) is 10.6. The molecule has 0 aromatic rings. The Labute approximate surface area is 532 Å². The second-order valence-electron chi connectivity index (χ2n) is 24.2. The lowest BCUT2D eigenvalue weighted by atomic mass is 9.99. The van der Waals surface area contributed by atoms with E-state index in [0.29, 0.717) is 19.3 Å². The van der Waals surface area contributed by atoms with E-state index >= 15 is 0 Å². The third-order valence-corrected chi connectivity index (χ3v) is 16.2. The smallest absolute Gasteiger partial charge is 0.306 e. The number of nitrogens with one attached hydrogen (secondary N) is 1. The summed E-state index contributed by atoms with van der Waals surface area (Å²) >= 11 is 0. The van der Waals surface area contributed by atoms with Gasteiger partial charge in [0, 0.05) is 6.42 Å². The van der Waals surface area contributed by atoms with Gasteiger partial charge in [0.25, 0.3) is 0 Å². The van der Waals surface area contributed by atoms with Crippen LogP contribution >= 0.6 is 0 Å². The van der Waals surface area contributed by atoms with E-state index in [1.165, 1.54) is 154 Å². The Morgan fingerprint density at radius 1 is 0.460 bits per heavy atom. The number of ether oxygens (including phenoxy) is 3. The van der Waals surface area contributed by atoms with Crippen LogP contribution in [0.3, 0.4) is 0 Å². The molecule has 8 atom stereocenters. The predicted octanol–water partition coefficient (Wildman–Crippen LogP) is 18.4. The highest BCUT2D eigenvalue weighted by Gasteiger charge is 2.47. The number of aliphatic hydroxyl groups excluding tert-OH is 5. The van der Waals surface area contributed by atoms with Gasteiger partial charge in [0.1, 0.15) is 24.4 Å². The first kappa shape index (κ1) is 81.3. The first-order valence-electron chi connectivity index (χ1n) is 35.7. The van der Waals surface area contributed by atoms with Crippen LogP contribution in [0.4, 0.5) is 0 Å². The number of hydrogen-bond acceptors (Lipinski definition) is 10. The third kappa shape index (κ3) is 49.7. The minimum Gasteiger partial charge on any atom is -0.454 e. The van der Waals surface area contributed by atoms with Gasteiger partial charge in [0.15, 0.2) is 12.4 Å². The largest absolute Gasteiger partial charge is 0.454 e. The molecule has 0 aliphatic carbocycles. The lowest BCUT2D eigenvalue weighted by Crippen LogP contribution is -2.61. The molecule has 1 amide bonds. The molecule has 11 nitrogen and oxygen atoms in total. The number of amides is 1. The van der Waals surface area contributed by atoms with Gasteiger partial charge in [-0.3, -0.25) is 9.59 Å². The number of unbranched alkanes of at least 4 members (excludes halogenated alkanes) is 30. The van der Waals surface area contributed by atoms with Crippen LogP contribution in [-0.2, 0) is 23.8 Å². The van der Waals surface area contributed by atoms with Gasteiger partial charge >= 0.3 is 5.97 Å². The fourth-order valence-electron chi connectivity index (χ4n) is 10.6. The van der Waals surface area contributed by atoms with Gasteiger partial charge in [-0.2, -0.15) is 0 Å². The summed E-state index contributed by atoms with van der Waals surface area (Å²) in [4.78, 5) is 26.7. The quantitative estimate of drug-likeness (QED) is 0.0195. The zero-order chi connectivity index (χ0) is 63.1. The van der Waals surface area contributed by atoms with Crippen LogP contribution in [0, 0.1) is 0 Å². The van der Waals surface area contributed by atoms with Crippen molar-refractivity contribution in [3.05, 3.63) is 109 Å². The Balaban J connectivity index is 2.62. The summed E-state index contributed by atoms with van der Waals surface area (Å²) in [5.41, 5.74) is 0. The van der Waals surface area contributed by atoms with Gasteiger partial charge in [-0.1, -0.05) is 291 Å². The van der Waals surface area contributed by atoms with Crippen molar-refractivity contribution in [2.45, 2.75) is 346 Å². The summed E-state index contributed by atoms with van der Waals surface area (Å²) in [6, 6.07) is -1.05. The van der Waals surface area contributed by atoms with Crippen LogP contribution in [0.5, 0.6) is 0 Å². The van der Waals surface area contributed by atoms with Crippen molar-refractivity contribution in [3.63, 3.8) is 0 Å². The predicted molar refractivity (Wildman–Crippen MR) is 365 cm³/mol. The first-order valence-corrected chi connectivity index (χ1v) is 35.7. The van der Waals surface area contributed by atoms with Crippen LogP contribution in [0.1, 0.15) is 297 Å². The average molecular weight is 1220 g/mol. The Kier molecular flexibility index (Phi) is 58.4. The summed E-state index contributed by atoms with van der Waals surface area (Å²) in [6.07, 6.45) is 75.6. The molecule has 1 rings (SSSR count). The third-order valence-electron chi connectivity index (χ3n) is 16.2. The second kappa shape index (κ2) is 62.5. The summed E-state index contributed by atoms with van der Waals surface area (Å²) in [5, 5.41) is 57.2. The number of allylic oxidation sites excluding steroid dienone is 17. The Morgan fingerprint density at radius 3 is 1.26 bits per heavy atom. The zero-order valence-electron chi connectivity index (χ0n) is 55.6. The first-order chi connectivity index (χ1) is 42.7. The van der Waals surface area contributed by atoms with Gasteiger partial charge in [-0.15, -0.1) is 0 Å². The molecule has 1 aliphatic heterocycles. The minimum absolute atomic E-state index is 0.114. The van der Waals surface area contributed by atoms with Gasteiger partial charge in [-0.05, 0) is 109 Å². The average Bonchev–Trinajstić information content (AvgIpc) is 1.52. The minimum atomic E-state index is -1.63. The van der Waals surface area contributed by atoms with E-state index in [4.69, 9.17) is 14.2 Å². The molecule has 0 aromatic carbocycles. The van der Waals surface area contributed by atoms with Crippen molar-refractivity contribution in [3.8, 4) is 0 Å². The van der Waals surface area contributed by atoms with Gasteiger partial charge in [0.05, 0.1) is 25.4 Å². The van der Waals surface area contributed by atoms with Gasteiger partial charge < -0.3 is 45.1 Å². The van der Waals surface area contributed by atoms with E-state index in [-0.39, 0.29) is 19.4 Å². The molecular formula is C76H131NO10. The Hall–Kier alpha value is -3.68. The SMILES string of the molecule is CC/C=C\C/C=C\C/C=C\C/C=C\C/C=C\C/C=C\CCCC(O)C(=O)NC(COC1OC(CO)C(O)C(O)C1OC(=O)CCCCCCCCCCCCCCCCC/C=C\C/C=C\CCCCC)C(O)/C=C/CCCCCCCCCCCCC. The Bertz CT molecular complexity index is 1830. The van der Waals surface area contributed by atoms with E-state index in [1.54, 1.807) is 6.08 Å². The molecule has 87 heavy (non-hydrogen) atoms. The lowest BCUT2D eigenvalue weighted by Gasteiger charge is -2.41. The highest BCUT2D eigenvalue weighted by molar-refractivity contribution is 5.80. The molecule has 1 fully saturated rings. The molecule has 11 heteroatoms. The molecule has 1 saturated heterocycles. The van der Waals surface area contributed by atoms with E-state index < -0.39 is 67.4 Å². The standard InChI is InChI=1S/C76H131NO10/c1-4-7-10-13-16-19-22-25-27-29-31-33-34-35-36-37-39-41-43-46-49-52-55-58-61-64-71(81)87-74-73(83)72(82)70(65-78)86-76(74)85-66-67(68(79)62-59-56-53-50-47-44-24-21-18-15-12-9-6-3)77-75(84)69(80)63-60-57-54-51-48-45-42-40-38-32-30-28-26-23-20-17-14-11-8-5-2/h8,11,16-17,19-20,25-28,32,38,42,45,51,54,59,62,67-70,72-74,76,78-80,82-83H,4-7,9-10,12-15,18,21-24,29-31,33-37,39-41,43-44,46-50,52-53,55-58,60-61,63-66H2,1-3H3,(H,77,84)/b11-8-,19-16-,20-17-,27-25-,28-26-,38-32-,45-42-,54-51-,62-59+. The number of aliphatic hydroxyl groups is 5. The summed E-state index contributed by atoms with van der Waals surface area (Å²) < 4.78 is 17.7. The van der Waals surface area contributed by atoms with Crippen molar-refractivity contribution in [2.24, 2.45) is 0 Å². The molecule has 0 radical (unpaired) electrons. The molecule has 8 unspecified atom stereocenters. The van der Waals surface area contributed by atoms with Crippen molar-refractivity contribution >= 4 is 11.9 Å². The highest BCUT2D eigenvalue weighted by Crippen LogP contribution is 2.26. The van der Waals surface area contributed by atoms with Crippen LogP contribution in [0.25, 0.3) is 0 Å². The van der Waals surface area contributed by atoms with Crippen molar-refractivity contribution < 1.29 is 49.3 Å². The molecule has 500 valence electrons.